The lowest BCUT2D eigenvalue weighted by Gasteiger charge is -2.31. The molecule has 0 aromatic heterocycles. The van der Waals surface area contributed by atoms with Crippen molar-refractivity contribution in [3.63, 3.8) is 0 Å². The summed E-state index contributed by atoms with van der Waals surface area (Å²) in [5.41, 5.74) is 4.63. The fourth-order valence-electron chi connectivity index (χ4n) is 3.83. The van der Waals surface area contributed by atoms with Crippen molar-refractivity contribution in [2.75, 3.05) is 32.3 Å². The topological polar surface area (TPSA) is 71.1 Å². The molecule has 28 heavy (non-hydrogen) atoms. The van der Waals surface area contributed by atoms with Crippen molar-refractivity contribution in [1.82, 2.24) is 10.3 Å². The summed E-state index contributed by atoms with van der Waals surface area (Å²) in [6, 6.07) is 7.67. The third-order valence-corrected chi connectivity index (χ3v) is 5.36. The lowest BCUT2D eigenvalue weighted by Crippen LogP contribution is -2.43. The number of anilines is 1. The second-order valence-electron chi connectivity index (χ2n) is 7.17. The molecule has 1 saturated carbocycles. The standard InChI is InChI=1S/C21H29N3O4/c1-4-28-21(26)18-14-24(15-9-6-5-7-10-15)20(25)19(18)22-23(2)16-11-8-12-17(13-16)27-3/h8,11-13,15,22H,4-7,9-10,14H2,1-3H3. The van der Waals surface area contributed by atoms with Gasteiger partial charge in [-0.2, -0.15) is 0 Å². The van der Waals surface area contributed by atoms with E-state index in [-0.39, 0.29) is 18.6 Å². The van der Waals surface area contributed by atoms with Crippen LogP contribution in [0.2, 0.25) is 0 Å². The van der Waals surface area contributed by atoms with Crippen LogP contribution in [-0.4, -0.2) is 50.1 Å². The summed E-state index contributed by atoms with van der Waals surface area (Å²) in [5, 5.41) is 1.72. The molecule has 3 rings (SSSR count). The Bertz CT molecular complexity index is 756. The van der Waals surface area contributed by atoms with Gasteiger partial charge in [0.1, 0.15) is 11.4 Å². The molecule has 0 unspecified atom stereocenters. The number of carbonyl (C=O) groups excluding carboxylic acids is 2. The lowest BCUT2D eigenvalue weighted by atomic mass is 9.94. The number of methoxy groups -OCH3 is 1. The van der Waals surface area contributed by atoms with E-state index in [9.17, 15) is 9.59 Å². The number of esters is 1. The number of amides is 1. The van der Waals surface area contributed by atoms with Crippen LogP contribution in [0, 0.1) is 0 Å². The maximum atomic E-state index is 13.2. The van der Waals surface area contributed by atoms with Crippen LogP contribution in [-0.2, 0) is 14.3 Å². The van der Waals surface area contributed by atoms with Crippen LogP contribution < -0.4 is 15.2 Å². The Labute approximate surface area is 166 Å². The number of benzene rings is 1. The van der Waals surface area contributed by atoms with Crippen molar-refractivity contribution in [2.45, 2.75) is 45.1 Å². The van der Waals surface area contributed by atoms with Gasteiger partial charge in [0, 0.05) is 19.2 Å². The number of hydrazine groups is 1. The lowest BCUT2D eigenvalue weighted by molar-refractivity contribution is -0.138. The van der Waals surface area contributed by atoms with Crippen molar-refractivity contribution in [3.05, 3.63) is 35.5 Å². The summed E-state index contributed by atoms with van der Waals surface area (Å²) in [7, 11) is 3.41. The van der Waals surface area contributed by atoms with Crippen LogP contribution in [0.4, 0.5) is 5.69 Å². The molecule has 0 radical (unpaired) electrons. The van der Waals surface area contributed by atoms with Gasteiger partial charge in [-0.05, 0) is 31.9 Å². The molecule has 1 heterocycles. The number of hydrogen-bond donors (Lipinski definition) is 1. The molecule has 1 aliphatic heterocycles. The molecule has 7 nitrogen and oxygen atoms in total. The normalized spacial score (nSPS) is 17.7. The van der Waals surface area contributed by atoms with Crippen molar-refractivity contribution >= 4 is 17.6 Å². The maximum Gasteiger partial charge on any atom is 0.338 e. The van der Waals surface area contributed by atoms with Gasteiger partial charge in [0.2, 0.25) is 0 Å². The van der Waals surface area contributed by atoms with Crippen LogP contribution in [0.25, 0.3) is 0 Å². The zero-order valence-electron chi connectivity index (χ0n) is 16.9. The molecule has 7 heteroatoms. The predicted octanol–water partition coefficient (Wildman–Crippen LogP) is 2.63. The van der Waals surface area contributed by atoms with E-state index in [4.69, 9.17) is 9.47 Å². The second-order valence-corrected chi connectivity index (χ2v) is 7.17. The molecule has 1 aliphatic carbocycles. The fraction of sp³-hybridized carbons (Fsp3) is 0.524. The minimum Gasteiger partial charge on any atom is -0.497 e. The first-order chi connectivity index (χ1) is 13.5. The highest BCUT2D eigenvalue weighted by molar-refractivity contribution is 6.06. The van der Waals surface area contributed by atoms with E-state index in [2.05, 4.69) is 5.43 Å². The van der Waals surface area contributed by atoms with Crippen molar-refractivity contribution in [3.8, 4) is 5.75 Å². The predicted molar refractivity (Wildman–Crippen MR) is 107 cm³/mol. The minimum atomic E-state index is -0.435. The van der Waals surface area contributed by atoms with Gasteiger partial charge in [-0.1, -0.05) is 25.3 Å². The first-order valence-electron chi connectivity index (χ1n) is 9.90. The Morgan fingerprint density at radius 2 is 2.04 bits per heavy atom. The smallest absolute Gasteiger partial charge is 0.338 e. The van der Waals surface area contributed by atoms with Gasteiger partial charge >= 0.3 is 5.97 Å². The molecule has 1 amide bonds. The molecule has 0 bridgehead atoms. The van der Waals surface area contributed by atoms with Crippen molar-refractivity contribution in [1.29, 1.82) is 0 Å². The number of ether oxygens (including phenoxy) is 2. The monoisotopic (exact) mass is 387 g/mol. The van der Waals surface area contributed by atoms with E-state index in [1.807, 2.05) is 29.2 Å². The summed E-state index contributed by atoms with van der Waals surface area (Å²) in [6.07, 6.45) is 5.42. The molecule has 1 aromatic rings. The maximum absolute atomic E-state index is 13.2. The van der Waals surface area contributed by atoms with Crippen LogP contribution >= 0.6 is 0 Å². The molecule has 0 saturated heterocycles. The van der Waals surface area contributed by atoms with E-state index in [1.54, 1.807) is 26.1 Å². The van der Waals surface area contributed by atoms with Crippen molar-refractivity contribution < 1.29 is 19.1 Å². The number of nitrogens with zero attached hydrogens (tertiary/aromatic N) is 2. The van der Waals surface area contributed by atoms with E-state index in [1.165, 1.54) is 6.42 Å². The number of rotatable bonds is 7. The van der Waals surface area contributed by atoms with Gasteiger partial charge in [-0.15, -0.1) is 0 Å². The first kappa shape index (κ1) is 20.0. The van der Waals surface area contributed by atoms with E-state index < -0.39 is 5.97 Å². The SMILES string of the molecule is CCOC(=O)C1=C(NN(C)c2cccc(OC)c2)C(=O)N(C2CCCCC2)C1. The van der Waals surface area contributed by atoms with E-state index >= 15 is 0 Å². The van der Waals surface area contributed by atoms with Gasteiger partial charge in [-0.25, -0.2) is 4.79 Å². The second kappa shape index (κ2) is 8.99. The molecular weight excluding hydrogens is 358 g/mol. The summed E-state index contributed by atoms with van der Waals surface area (Å²) >= 11 is 0. The fourth-order valence-corrected chi connectivity index (χ4v) is 3.83. The Balaban J connectivity index is 1.83. The average molecular weight is 387 g/mol. The van der Waals surface area contributed by atoms with Gasteiger partial charge in [0.15, 0.2) is 0 Å². The highest BCUT2D eigenvalue weighted by atomic mass is 16.5. The zero-order valence-corrected chi connectivity index (χ0v) is 16.9. The largest absolute Gasteiger partial charge is 0.497 e. The van der Waals surface area contributed by atoms with Gasteiger partial charge in [0.05, 0.1) is 31.5 Å². The van der Waals surface area contributed by atoms with E-state index in [0.29, 0.717) is 23.6 Å². The third-order valence-electron chi connectivity index (χ3n) is 5.36. The highest BCUT2D eigenvalue weighted by Gasteiger charge is 2.39. The Morgan fingerprint density at radius 3 is 2.71 bits per heavy atom. The van der Waals surface area contributed by atoms with Crippen LogP contribution in [0.3, 0.4) is 0 Å². The number of hydrogen-bond acceptors (Lipinski definition) is 6. The average Bonchev–Trinajstić information content (AvgIpc) is 3.05. The van der Waals surface area contributed by atoms with E-state index in [0.717, 1.165) is 31.4 Å². The Kier molecular flexibility index (Phi) is 6.44. The third kappa shape index (κ3) is 4.24. The van der Waals surface area contributed by atoms with Gasteiger partial charge < -0.3 is 14.4 Å². The van der Waals surface area contributed by atoms with Gasteiger partial charge in [0.25, 0.3) is 5.91 Å². The Morgan fingerprint density at radius 1 is 1.29 bits per heavy atom. The molecule has 1 aromatic carbocycles. The van der Waals surface area contributed by atoms with Crippen LogP contribution in [0.5, 0.6) is 5.75 Å². The summed E-state index contributed by atoms with van der Waals surface area (Å²) in [5.74, 6) is 0.146. The van der Waals surface area contributed by atoms with Crippen LogP contribution in [0.15, 0.2) is 35.5 Å². The zero-order chi connectivity index (χ0) is 20.1. The summed E-state index contributed by atoms with van der Waals surface area (Å²) < 4.78 is 10.5. The Hall–Kier alpha value is -2.70. The molecule has 152 valence electrons. The molecule has 1 fully saturated rings. The molecule has 1 N–H and O–H groups in total. The number of carbonyl (C=O) groups is 2. The summed E-state index contributed by atoms with van der Waals surface area (Å²) in [4.78, 5) is 27.5. The molecule has 0 spiro atoms. The molecule has 0 atom stereocenters. The molecule has 2 aliphatic rings. The first-order valence-corrected chi connectivity index (χ1v) is 9.90. The highest BCUT2D eigenvalue weighted by Crippen LogP contribution is 2.29. The molecular formula is C21H29N3O4. The van der Waals surface area contributed by atoms with Gasteiger partial charge in [-0.3, -0.25) is 15.2 Å². The van der Waals surface area contributed by atoms with Crippen molar-refractivity contribution in [2.24, 2.45) is 0 Å². The summed E-state index contributed by atoms with van der Waals surface area (Å²) in [6.45, 7) is 2.35. The van der Waals surface area contributed by atoms with Crippen LogP contribution in [0.1, 0.15) is 39.0 Å². The quantitative estimate of drug-likeness (QED) is 0.573. The number of nitrogens with one attached hydrogen (secondary N) is 1. The minimum absolute atomic E-state index is 0.135.